The van der Waals surface area contributed by atoms with Crippen LogP contribution in [0.1, 0.15) is 24.2 Å². The van der Waals surface area contributed by atoms with Gasteiger partial charge < -0.3 is 15.4 Å². The van der Waals surface area contributed by atoms with Crippen molar-refractivity contribution >= 4 is 11.6 Å². The fourth-order valence-corrected chi connectivity index (χ4v) is 1.59. The molecule has 1 aromatic rings. The zero-order chi connectivity index (χ0) is 12.1. The highest BCUT2D eigenvalue weighted by molar-refractivity contribution is 6.00. The molecule has 0 heterocycles. The molecule has 0 unspecified atom stereocenters. The number of nitrogens with zero attached hydrogens (tertiary/aromatic N) is 1. The van der Waals surface area contributed by atoms with Crippen LogP contribution in [0.15, 0.2) is 18.2 Å². The predicted octanol–water partition coefficient (Wildman–Crippen LogP) is 1.76. The fraction of sp³-hybridized carbons (Fsp3) is 0.417. The quantitative estimate of drug-likeness (QED) is 0.790. The molecule has 0 atom stereocenters. The van der Waals surface area contributed by atoms with E-state index in [1.165, 1.54) is 7.11 Å². The van der Waals surface area contributed by atoms with Gasteiger partial charge in [0.25, 0.3) is 5.91 Å². The zero-order valence-corrected chi connectivity index (χ0v) is 9.99. The molecule has 0 aliphatic heterocycles. The number of carbonyl (C=O) groups excluding carboxylic acids is 1. The highest BCUT2D eigenvalue weighted by atomic mass is 16.5. The van der Waals surface area contributed by atoms with Gasteiger partial charge in [-0.15, -0.1) is 0 Å². The minimum atomic E-state index is -0.0543. The molecule has 0 bridgehead atoms. The molecular weight excluding hydrogens is 204 g/mol. The summed E-state index contributed by atoms with van der Waals surface area (Å²) in [6.07, 6.45) is 0. The number of methoxy groups -OCH3 is 1. The zero-order valence-electron chi connectivity index (χ0n) is 9.99. The standard InChI is InChI=1S/C12H18N2O2/c1-4-14(5-2)12(15)9-7-6-8-10(16-3)11(9)13/h6-8H,4-5,13H2,1-3H3. The number of anilines is 1. The minimum Gasteiger partial charge on any atom is -0.495 e. The van der Waals surface area contributed by atoms with E-state index in [2.05, 4.69) is 0 Å². The van der Waals surface area contributed by atoms with Crippen molar-refractivity contribution in [3.8, 4) is 5.75 Å². The molecule has 0 saturated heterocycles. The third-order valence-corrected chi connectivity index (χ3v) is 2.57. The maximum absolute atomic E-state index is 12.1. The maximum atomic E-state index is 12.1. The minimum absolute atomic E-state index is 0.0543. The molecule has 1 aromatic carbocycles. The molecule has 4 heteroatoms. The number of rotatable bonds is 4. The molecule has 0 radical (unpaired) electrons. The van der Waals surface area contributed by atoms with Gasteiger partial charge in [-0.05, 0) is 26.0 Å². The highest BCUT2D eigenvalue weighted by Gasteiger charge is 2.17. The van der Waals surface area contributed by atoms with E-state index in [1.807, 2.05) is 13.8 Å². The molecular formula is C12H18N2O2. The van der Waals surface area contributed by atoms with Crippen LogP contribution in [0.5, 0.6) is 5.75 Å². The van der Waals surface area contributed by atoms with E-state index in [1.54, 1.807) is 23.1 Å². The third-order valence-electron chi connectivity index (χ3n) is 2.57. The highest BCUT2D eigenvalue weighted by Crippen LogP contribution is 2.25. The Bertz CT molecular complexity index is 373. The predicted molar refractivity (Wildman–Crippen MR) is 64.7 cm³/mol. The topological polar surface area (TPSA) is 55.6 Å². The van der Waals surface area contributed by atoms with E-state index < -0.39 is 0 Å². The number of nitrogens with two attached hydrogens (primary N) is 1. The first-order valence-corrected chi connectivity index (χ1v) is 5.37. The fourth-order valence-electron chi connectivity index (χ4n) is 1.59. The van der Waals surface area contributed by atoms with Crippen LogP contribution in [0, 0.1) is 0 Å². The second kappa shape index (κ2) is 5.39. The van der Waals surface area contributed by atoms with Crippen molar-refractivity contribution in [2.24, 2.45) is 0 Å². The van der Waals surface area contributed by atoms with Gasteiger partial charge in [-0.3, -0.25) is 4.79 Å². The van der Waals surface area contributed by atoms with Crippen molar-refractivity contribution in [2.75, 3.05) is 25.9 Å². The molecule has 16 heavy (non-hydrogen) atoms. The summed E-state index contributed by atoms with van der Waals surface area (Å²) in [6, 6.07) is 5.23. The second-order valence-electron chi connectivity index (χ2n) is 3.40. The molecule has 0 aromatic heterocycles. The summed E-state index contributed by atoms with van der Waals surface area (Å²) in [5.41, 5.74) is 6.78. The van der Waals surface area contributed by atoms with Crippen molar-refractivity contribution in [1.82, 2.24) is 4.90 Å². The molecule has 0 fully saturated rings. The van der Waals surface area contributed by atoms with Crippen molar-refractivity contribution in [3.63, 3.8) is 0 Å². The van der Waals surface area contributed by atoms with Crippen molar-refractivity contribution < 1.29 is 9.53 Å². The lowest BCUT2D eigenvalue weighted by Crippen LogP contribution is -2.31. The molecule has 88 valence electrons. The number of ether oxygens (including phenoxy) is 1. The first kappa shape index (κ1) is 12.4. The Morgan fingerprint density at radius 3 is 2.50 bits per heavy atom. The van der Waals surface area contributed by atoms with Crippen LogP contribution in [0.4, 0.5) is 5.69 Å². The average molecular weight is 222 g/mol. The molecule has 0 aliphatic rings. The summed E-state index contributed by atoms with van der Waals surface area (Å²) < 4.78 is 5.09. The van der Waals surface area contributed by atoms with Crippen LogP contribution in [0.2, 0.25) is 0 Å². The van der Waals surface area contributed by atoms with Gasteiger partial charge in [-0.1, -0.05) is 6.07 Å². The van der Waals surface area contributed by atoms with Crippen LogP contribution in [0.25, 0.3) is 0 Å². The van der Waals surface area contributed by atoms with Gasteiger partial charge in [-0.2, -0.15) is 0 Å². The van der Waals surface area contributed by atoms with Gasteiger partial charge in [0.05, 0.1) is 18.4 Å². The smallest absolute Gasteiger partial charge is 0.256 e. The summed E-state index contributed by atoms with van der Waals surface area (Å²) in [4.78, 5) is 13.8. The first-order chi connectivity index (χ1) is 7.65. The molecule has 2 N–H and O–H groups in total. The number of amides is 1. The van der Waals surface area contributed by atoms with E-state index in [4.69, 9.17) is 10.5 Å². The normalized spacial score (nSPS) is 9.94. The van der Waals surface area contributed by atoms with Crippen molar-refractivity contribution in [3.05, 3.63) is 23.8 Å². The van der Waals surface area contributed by atoms with E-state index >= 15 is 0 Å². The second-order valence-corrected chi connectivity index (χ2v) is 3.40. The van der Waals surface area contributed by atoms with Crippen molar-refractivity contribution in [2.45, 2.75) is 13.8 Å². The summed E-state index contributed by atoms with van der Waals surface area (Å²) in [7, 11) is 1.54. The van der Waals surface area contributed by atoms with Gasteiger partial charge in [0.15, 0.2) is 0 Å². The largest absolute Gasteiger partial charge is 0.495 e. The number of hydrogen-bond donors (Lipinski definition) is 1. The molecule has 0 saturated carbocycles. The molecule has 1 rings (SSSR count). The van der Waals surface area contributed by atoms with Crippen LogP contribution < -0.4 is 10.5 Å². The third kappa shape index (κ3) is 2.27. The summed E-state index contributed by atoms with van der Waals surface area (Å²) >= 11 is 0. The molecule has 4 nitrogen and oxygen atoms in total. The Morgan fingerprint density at radius 1 is 1.38 bits per heavy atom. The first-order valence-electron chi connectivity index (χ1n) is 5.37. The van der Waals surface area contributed by atoms with E-state index in [9.17, 15) is 4.79 Å². The number of para-hydroxylation sites is 1. The number of nitrogen functional groups attached to an aromatic ring is 1. The Balaban J connectivity index is 3.08. The van der Waals surface area contributed by atoms with Gasteiger partial charge >= 0.3 is 0 Å². The van der Waals surface area contributed by atoms with Crippen LogP contribution >= 0.6 is 0 Å². The SMILES string of the molecule is CCN(CC)C(=O)c1cccc(OC)c1N. The summed E-state index contributed by atoms with van der Waals surface area (Å²) in [6.45, 7) is 5.23. The Hall–Kier alpha value is -1.71. The van der Waals surface area contributed by atoms with E-state index in [0.29, 0.717) is 30.1 Å². The average Bonchev–Trinajstić information content (AvgIpc) is 2.30. The lowest BCUT2D eigenvalue weighted by Gasteiger charge is -2.20. The van der Waals surface area contributed by atoms with Crippen LogP contribution in [-0.4, -0.2) is 31.0 Å². The summed E-state index contributed by atoms with van der Waals surface area (Å²) in [5.74, 6) is 0.486. The lowest BCUT2D eigenvalue weighted by molar-refractivity contribution is 0.0774. The van der Waals surface area contributed by atoms with Gasteiger partial charge in [0.2, 0.25) is 0 Å². The Morgan fingerprint density at radius 2 is 2.00 bits per heavy atom. The number of carbonyl (C=O) groups is 1. The van der Waals surface area contributed by atoms with E-state index in [-0.39, 0.29) is 5.91 Å². The van der Waals surface area contributed by atoms with Crippen LogP contribution in [-0.2, 0) is 0 Å². The maximum Gasteiger partial charge on any atom is 0.256 e. The van der Waals surface area contributed by atoms with Gasteiger partial charge in [-0.25, -0.2) is 0 Å². The monoisotopic (exact) mass is 222 g/mol. The van der Waals surface area contributed by atoms with Crippen LogP contribution in [0.3, 0.4) is 0 Å². The Labute approximate surface area is 96.0 Å². The number of benzene rings is 1. The number of hydrogen-bond acceptors (Lipinski definition) is 3. The molecule has 1 amide bonds. The Kier molecular flexibility index (Phi) is 4.17. The van der Waals surface area contributed by atoms with E-state index in [0.717, 1.165) is 0 Å². The van der Waals surface area contributed by atoms with Crippen molar-refractivity contribution in [1.29, 1.82) is 0 Å². The molecule has 0 aliphatic carbocycles. The van der Waals surface area contributed by atoms with Gasteiger partial charge in [0.1, 0.15) is 5.75 Å². The molecule has 0 spiro atoms. The lowest BCUT2D eigenvalue weighted by atomic mass is 10.1. The summed E-state index contributed by atoms with van der Waals surface area (Å²) in [5, 5.41) is 0. The van der Waals surface area contributed by atoms with Gasteiger partial charge in [0, 0.05) is 13.1 Å².